The summed E-state index contributed by atoms with van der Waals surface area (Å²) in [5, 5.41) is 3.27. The van der Waals surface area contributed by atoms with E-state index in [4.69, 9.17) is 21.1 Å². The molecule has 2 unspecified atom stereocenters. The first-order valence-electron chi connectivity index (χ1n) is 9.38. The number of alkyl halides is 3. The highest BCUT2D eigenvalue weighted by atomic mass is 35.5. The fourth-order valence-electron chi connectivity index (χ4n) is 4.22. The van der Waals surface area contributed by atoms with Crippen LogP contribution in [0.3, 0.4) is 0 Å². The van der Waals surface area contributed by atoms with Crippen LogP contribution < -0.4 is 4.74 Å². The van der Waals surface area contributed by atoms with Crippen molar-refractivity contribution in [2.45, 2.75) is 51.0 Å². The zero-order valence-corrected chi connectivity index (χ0v) is 16.9. The summed E-state index contributed by atoms with van der Waals surface area (Å²) in [4.78, 5) is 4.54. The zero-order chi connectivity index (χ0) is 19.9. The SMILES string of the molecule is Cc1csc(C2CC[C@@H]3C(COc4cc(C(F)(F)F)ccc4Cl)CC[C@@H]3O2)n1. The molecule has 152 valence electrons. The van der Waals surface area contributed by atoms with E-state index in [-0.39, 0.29) is 28.9 Å². The Morgan fingerprint density at radius 3 is 2.79 bits per heavy atom. The number of hydrogen-bond acceptors (Lipinski definition) is 4. The first-order valence-corrected chi connectivity index (χ1v) is 10.6. The molecule has 8 heteroatoms. The summed E-state index contributed by atoms with van der Waals surface area (Å²) in [7, 11) is 0. The van der Waals surface area contributed by atoms with Crippen molar-refractivity contribution >= 4 is 22.9 Å². The van der Waals surface area contributed by atoms with Gasteiger partial charge in [0.2, 0.25) is 0 Å². The summed E-state index contributed by atoms with van der Waals surface area (Å²) in [5.74, 6) is 0.712. The monoisotopic (exact) mass is 431 g/mol. The third kappa shape index (κ3) is 4.16. The number of aryl methyl sites for hydroxylation is 1. The van der Waals surface area contributed by atoms with Gasteiger partial charge < -0.3 is 9.47 Å². The molecule has 0 N–H and O–H groups in total. The zero-order valence-electron chi connectivity index (χ0n) is 15.3. The van der Waals surface area contributed by atoms with Gasteiger partial charge in [0.1, 0.15) is 16.9 Å². The molecular weight excluding hydrogens is 411 g/mol. The first-order chi connectivity index (χ1) is 13.3. The van der Waals surface area contributed by atoms with E-state index in [1.54, 1.807) is 11.3 Å². The molecule has 1 saturated carbocycles. The number of benzene rings is 1. The molecule has 2 fully saturated rings. The summed E-state index contributed by atoms with van der Waals surface area (Å²) < 4.78 is 50.8. The van der Waals surface area contributed by atoms with Crippen LogP contribution in [0, 0.1) is 18.8 Å². The maximum Gasteiger partial charge on any atom is 0.416 e. The topological polar surface area (TPSA) is 31.4 Å². The molecule has 28 heavy (non-hydrogen) atoms. The molecular formula is C20H21ClF3NO2S. The molecule has 4 atom stereocenters. The molecule has 4 rings (SSSR count). The van der Waals surface area contributed by atoms with E-state index in [1.165, 1.54) is 6.07 Å². The average Bonchev–Trinajstić information content (AvgIpc) is 3.25. The van der Waals surface area contributed by atoms with Gasteiger partial charge in [-0.3, -0.25) is 0 Å². The van der Waals surface area contributed by atoms with Crippen molar-refractivity contribution in [1.82, 2.24) is 4.98 Å². The maximum atomic E-state index is 12.9. The highest BCUT2D eigenvalue weighted by Gasteiger charge is 2.42. The van der Waals surface area contributed by atoms with Crippen LogP contribution >= 0.6 is 22.9 Å². The average molecular weight is 432 g/mol. The third-order valence-electron chi connectivity index (χ3n) is 5.63. The minimum absolute atomic E-state index is 0.0533. The molecule has 0 bridgehead atoms. The number of thiazole rings is 1. The molecule has 1 aliphatic carbocycles. The second-order valence-corrected chi connectivity index (χ2v) is 8.82. The third-order valence-corrected chi connectivity index (χ3v) is 7.00. The van der Waals surface area contributed by atoms with Crippen LogP contribution in [0.5, 0.6) is 5.75 Å². The lowest BCUT2D eigenvalue weighted by atomic mass is 9.87. The Labute approximate surface area is 170 Å². The van der Waals surface area contributed by atoms with Crippen molar-refractivity contribution < 1.29 is 22.6 Å². The van der Waals surface area contributed by atoms with Crippen LogP contribution in [0.15, 0.2) is 23.6 Å². The van der Waals surface area contributed by atoms with Gasteiger partial charge in [0.25, 0.3) is 0 Å². The number of ether oxygens (including phenoxy) is 2. The van der Waals surface area contributed by atoms with Crippen LogP contribution in [-0.4, -0.2) is 17.7 Å². The fourth-order valence-corrected chi connectivity index (χ4v) is 5.26. The van der Waals surface area contributed by atoms with Gasteiger partial charge in [-0.1, -0.05) is 11.6 Å². The van der Waals surface area contributed by atoms with Crippen molar-refractivity contribution in [2.24, 2.45) is 11.8 Å². The van der Waals surface area contributed by atoms with Gasteiger partial charge >= 0.3 is 6.18 Å². The molecule has 3 nitrogen and oxygen atoms in total. The highest BCUT2D eigenvalue weighted by Crippen LogP contribution is 2.46. The van der Waals surface area contributed by atoms with Crippen LogP contribution in [0.4, 0.5) is 13.2 Å². The Morgan fingerprint density at radius 1 is 1.25 bits per heavy atom. The minimum Gasteiger partial charge on any atom is -0.492 e. The predicted octanol–water partition coefficient (Wildman–Crippen LogP) is 6.45. The predicted molar refractivity (Wildman–Crippen MR) is 102 cm³/mol. The lowest BCUT2D eigenvalue weighted by Crippen LogP contribution is -2.31. The molecule has 2 aromatic rings. The smallest absolute Gasteiger partial charge is 0.416 e. The van der Waals surface area contributed by atoms with E-state index in [9.17, 15) is 13.2 Å². The lowest BCUT2D eigenvalue weighted by molar-refractivity contribution is -0.137. The van der Waals surface area contributed by atoms with E-state index in [0.29, 0.717) is 12.5 Å². The first kappa shape index (κ1) is 20.0. The summed E-state index contributed by atoms with van der Waals surface area (Å²) in [5.41, 5.74) is 0.264. The van der Waals surface area contributed by atoms with Gasteiger partial charge in [-0.2, -0.15) is 13.2 Å². The van der Waals surface area contributed by atoms with Gasteiger partial charge in [0.05, 0.1) is 23.3 Å². The Balaban J connectivity index is 1.38. The second kappa shape index (κ2) is 7.84. The number of hydrogen-bond donors (Lipinski definition) is 0. The Bertz CT molecular complexity index is 841. The summed E-state index contributed by atoms with van der Waals surface area (Å²) in [6.45, 7) is 2.33. The summed E-state index contributed by atoms with van der Waals surface area (Å²) >= 11 is 7.67. The number of fused-ring (bicyclic) bond motifs is 1. The molecule has 1 aromatic heterocycles. The molecule has 0 spiro atoms. The molecule has 1 aliphatic heterocycles. The molecule has 2 heterocycles. The number of nitrogens with zero attached hydrogens (tertiary/aromatic N) is 1. The van der Waals surface area contributed by atoms with Gasteiger partial charge in [0, 0.05) is 11.1 Å². The summed E-state index contributed by atoms with van der Waals surface area (Å²) in [6, 6.07) is 3.19. The van der Waals surface area contributed by atoms with E-state index in [2.05, 4.69) is 4.98 Å². The van der Waals surface area contributed by atoms with Crippen molar-refractivity contribution in [2.75, 3.05) is 6.61 Å². The molecule has 0 radical (unpaired) electrons. The lowest BCUT2D eigenvalue weighted by Gasteiger charge is -2.34. The molecule has 0 amide bonds. The van der Waals surface area contributed by atoms with Crippen LogP contribution in [0.1, 0.15) is 48.1 Å². The second-order valence-electron chi connectivity index (χ2n) is 7.52. The Hall–Kier alpha value is -1.31. The highest BCUT2D eigenvalue weighted by molar-refractivity contribution is 7.09. The Morgan fingerprint density at radius 2 is 2.07 bits per heavy atom. The van der Waals surface area contributed by atoms with Gasteiger partial charge in [0.15, 0.2) is 0 Å². The van der Waals surface area contributed by atoms with Gasteiger partial charge in [-0.05, 0) is 62.6 Å². The van der Waals surface area contributed by atoms with Crippen molar-refractivity contribution in [3.63, 3.8) is 0 Å². The van der Waals surface area contributed by atoms with E-state index < -0.39 is 11.7 Å². The van der Waals surface area contributed by atoms with Crippen LogP contribution in [0.25, 0.3) is 0 Å². The minimum atomic E-state index is -4.42. The Kier molecular flexibility index (Phi) is 5.60. The molecule has 2 aliphatic rings. The van der Waals surface area contributed by atoms with E-state index in [0.717, 1.165) is 48.5 Å². The molecule has 1 saturated heterocycles. The normalized spacial score (nSPS) is 27.6. The van der Waals surface area contributed by atoms with Crippen molar-refractivity contribution in [3.8, 4) is 5.75 Å². The van der Waals surface area contributed by atoms with Crippen molar-refractivity contribution in [1.29, 1.82) is 0 Å². The largest absolute Gasteiger partial charge is 0.492 e. The van der Waals surface area contributed by atoms with Gasteiger partial charge in [-0.25, -0.2) is 4.98 Å². The van der Waals surface area contributed by atoms with E-state index >= 15 is 0 Å². The van der Waals surface area contributed by atoms with Gasteiger partial charge in [-0.15, -0.1) is 11.3 Å². The number of rotatable bonds is 4. The number of aromatic nitrogens is 1. The van der Waals surface area contributed by atoms with Crippen molar-refractivity contribution in [3.05, 3.63) is 44.9 Å². The van der Waals surface area contributed by atoms with Crippen LogP contribution in [-0.2, 0) is 10.9 Å². The number of halogens is 4. The fraction of sp³-hybridized carbons (Fsp3) is 0.550. The van der Waals surface area contributed by atoms with E-state index in [1.807, 2.05) is 12.3 Å². The standard InChI is InChI=1S/C20H21ClF3NO2S/c1-11-10-28-19(25-11)17-7-4-14-12(2-6-16(14)27-17)9-26-18-8-13(20(22,23)24)3-5-15(18)21/h3,5,8,10,12,14,16-17H,2,4,6-7,9H2,1H3/t12?,14-,16+,17?/m1/s1. The quantitative estimate of drug-likeness (QED) is 0.557. The molecule has 1 aromatic carbocycles. The van der Waals surface area contributed by atoms with Crippen LogP contribution in [0.2, 0.25) is 5.02 Å². The maximum absolute atomic E-state index is 12.9. The summed E-state index contributed by atoms with van der Waals surface area (Å²) in [6.07, 6.45) is -0.397.